The van der Waals surface area contributed by atoms with Gasteiger partial charge in [0.05, 0.1) is 16.6 Å². The predicted molar refractivity (Wildman–Crippen MR) is 81.3 cm³/mol. The first-order chi connectivity index (χ1) is 11.1. The van der Waals surface area contributed by atoms with Crippen LogP contribution >= 0.6 is 0 Å². The molecule has 1 N–H and O–H groups in total. The normalized spacial score (nSPS) is 11.3. The molecule has 0 amide bonds. The van der Waals surface area contributed by atoms with Crippen molar-refractivity contribution >= 4 is 5.69 Å². The van der Waals surface area contributed by atoms with Crippen LogP contribution in [0.25, 0.3) is 0 Å². The minimum atomic E-state index is -0.953. The molecule has 0 aliphatic rings. The van der Waals surface area contributed by atoms with Gasteiger partial charge < -0.3 is 14.6 Å². The molecule has 2 rings (SSSR count). The highest BCUT2D eigenvalue weighted by atomic mass is 16.6. The Kier molecular flexibility index (Phi) is 5.50. The van der Waals surface area contributed by atoms with Crippen LogP contribution in [0.4, 0.5) is 5.69 Å². The number of rotatable bonds is 7. The molecule has 2 aromatic carbocycles. The quantitative estimate of drug-likeness (QED) is 0.621. The summed E-state index contributed by atoms with van der Waals surface area (Å²) in [6.07, 6.45) is -0.953. The molecule has 0 aliphatic heterocycles. The van der Waals surface area contributed by atoms with E-state index in [-0.39, 0.29) is 24.7 Å². The maximum Gasteiger partial charge on any atom is 0.310 e. The van der Waals surface area contributed by atoms with Crippen molar-refractivity contribution in [2.45, 2.75) is 6.10 Å². The average molecular weight is 314 g/mol. The molecule has 0 bridgehead atoms. The van der Waals surface area contributed by atoms with Gasteiger partial charge in [0, 0.05) is 6.07 Å². The number of nitro groups is 1. The highest BCUT2D eigenvalue weighted by Gasteiger charge is 2.15. The molecular formula is C16H14N2O5. The van der Waals surface area contributed by atoms with Crippen molar-refractivity contribution in [3.63, 3.8) is 0 Å². The number of para-hydroxylation sites is 2. The first-order valence-corrected chi connectivity index (χ1v) is 6.77. The maximum absolute atomic E-state index is 10.8. The number of aliphatic hydroxyl groups excluding tert-OH is 1. The van der Waals surface area contributed by atoms with Gasteiger partial charge in [-0.25, -0.2) is 0 Å². The van der Waals surface area contributed by atoms with E-state index in [4.69, 9.17) is 14.7 Å². The van der Waals surface area contributed by atoms with Gasteiger partial charge in [-0.3, -0.25) is 10.1 Å². The smallest absolute Gasteiger partial charge is 0.310 e. The lowest BCUT2D eigenvalue weighted by Crippen LogP contribution is -2.25. The van der Waals surface area contributed by atoms with Crippen molar-refractivity contribution in [3.05, 3.63) is 64.2 Å². The molecule has 7 heteroatoms. The second-order valence-electron chi connectivity index (χ2n) is 4.64. The van der Waals surface area contributed by atoms with Crippen LogP contribution in [-0.4, -0.2) is 29.3 Å². The summed E-state index contributed by atoms with van der Waals surface area (Å²) in [6.45, 7) is -0.173. The third kappa shape index (κ3) is 4.69. The summed E-state index contributed by atoms with van der Waals surface area (Å²) in [5, 5.41) is 29.4. The first-order valence-electron chi connectivity index (χ1n) is 6.77. The molecule has 0 saturated carbocycles. The fraction of sp³-hybridized carbons (Fsp3) is 0.188. The summed E-state index contributed by atoms with van der Waals surface area (Å²) < 4.78 is 10.6. The predicted octanol–water partition coefficient (Wildman–Crippen LogP) is 2.29. The fourth-order valence-corrected chi connectivity index (χ4v) is 1.78. The highest BCUT2D eigenvalue weighted by Crippen LogP contribution is 2.25. The summed E-state index contributed by atoms with van der Waals surface area (Å²) in [5.74, 6) is 0.601. The molecule has 1 atom stereocenters. The van der Waals surface area contributed by atoms with Crippen LogP contribution in [0.5, 0.6) is 11.5 Å². The van der Waals surface area contributed by atoms with Crippen LogP contribution in [0, 0.1) is 21.4 Å². The van der Waals surface area contributed by atoms with Gasteiger partial charge in [-0.05, 0) is 30.3 Å². The van der Waals surface area contributed by atoms with Gasteiger partial charge >= 0.3 is 5.69 Å². The molecule has 0 radical (unpaired) electrons. The molecule has 23 heavy (non-hydrogen) atoms. The number of hydrogen-bond acceptors (Lipinski definition) is 6. The molecule has 0 aromatic heterocycles. The third-order valence-electron chi connectivity index (χ3n) is 2.92. The average Bonchev–Trinajstić information content (AvgIpc) is 2.58. The van der Waals surface area contributed by atoms with E-state index < -0.39 is 11.0 Å². The third-order valence-corrected chi connectivity index (χ3v) is 2.92. The van der Waals surface area contributed by atoms with E-state index in [2.05, 4.69) is 0 Å². The number of aliphatic hydroxyl groups is 1. The van der Waals surface area contributed by atoms with Gasteiger partial charge in [0.15, 0.2) is 5.75 Å². The Morgan fingerprint density at radius 1 is 1.13 bits per heavy atom. The summed E-state index contributed by atoms with van der Waals surface area (Å²) in [4.78, 5) is 10.3. The van der Waals surface area contributed by atoms with Crippen molar-refractivity contribution in [2.75, 3.05) is 13.2 Å². The summed E-state index contributed by atoms with van der Waals surface area (Å²) >= 11 is 0. The number of ether oxygens (including phenoxy) is 2. The lowest BCUT2D eigenvalue weighted by Gasteiger charge is -2.13. The van der Waals surface area contributed by atoms with Crippen LogP contribution < -0.4 is 9.47 Å². The van der Waals surface area contributed by atoms with Gasteiger partial charge in [0.2, 0.25) is 0 Å². The molecule has 0 spiro atoms. The van der Waals surface area contributed by atoms with Crippen molar-refractivity contribution in [3.8, 4) is 17.6 Å². The van der Waals surface area contributed by atoms with E-state index in [0.29, 0.717) is 11.3 Å². The Hall–Kier alpha value is -3.11. The SMILES string of the molecule is N#Cc1ccc(OCC(O)COc2ccccc2[N+](=O)[O-])cc1. The molecule has 0 saturated heterocycles. The zero-order chi connectivity index (χ0) is 16.7. The van der Waals surface area contributed by atoms with E-state index >= 15 is 0 Å². The van der Waals surface area contributed by atoms with Crippen LogP contribution in [0.15, 0.2) is 48.5 Å². The highest BCUT2D eigenvalue weighted by molar-refractivity contribution is 5.45. The van der Waals surface area contributed by atoms with Gasteiger partial charge in [-0.2, -0.15) is 5.26 Å². The molecule has 0 fully saturated rings. The largest absolute Gasteiger partial charge is 0.491 e. The molecule has 0 heterocycles. The monoisotopic (exact) mass is 314 g/mol. The lowest BCUT2D eigenvalue weighted by atomic mass is 10.2. The second-order valence-corrected chi connectivity index (χ2v) is 4.64. The fourth-order valence-electron chi connectivity index (χ4n) is 1.78. The van der Waals surface area contributed by atoms with E-state index in [1.807, 2.05) is 6.07 Å². The summed E-state index contributed by atoms with van der Waals surface area (Å²) in [5.41, 5.74) is 0.352. The topological polar surface area (TPSA) is 106 Å². The van der Waals surface area contributed by atoms with E-state index in [0.717, 1.165) is 0 Å². The maximum atomic E-state index is 10.8. The minimum absolute atomic E-state index is 0.0352. The number of hydrogen-bond donors (Lipinski definition) is 1. The number of nitrogens with zero attached hydrogens (tertiary/aromatic N) is 2. The van der Waals surface area contributed by atoms with Crippen molar-refractivity contribution < 1.29 is 19.5 Å². The zero-order valence-electron chi connectivity index (χ0n) is 12.1. The Bertz CT molecular complexity index is 709. The Morgan fingerprint density at radius 3 is 2.43 bits per heavy atom. The number of benzene rings is 2. The van der Waals surface area contributed by atoms with Gasteiger partial charge in [0.1, 0.15) is 25.1 Å². The van der Waals surface area contributed by atoms with Crippen molar-refractivity contribution in [2.24, 2.45) is 0 Å². The van der Waals surface area contributed by atoms with Gasteiger partial charge in [-0.15, -0.1) is 0 Å². The number of nitro benzene ring substituents is 1. The second kappa shape index (κ2) is 7.77. The number of nitriles is 1. The van der Waals surface area contributed by atoms with E-state index in [1.165, 1.54) is 18.2 Å². The first kappa shape index (κ1) is 16.3. The molecule has 1 unspecified atom stereocenters. The van der Waals surface area contributed by atoms with Crippen LogP contribution in [-0.2, 0) is 0 Å². The summed E-state index contributed by atoms with van der Waals surface area (Å²) in [7, 11) is 0. The van der Waals surface area contributed by atoms with Crippen molar-refractivity contribution in [1.82, 2.24) is 0 Å². The zero-order valence-corrected chi connectivity index (χ0v) is 12.1. The minimum Gasteiger partial charge on any atom is -0.491 e. The standard InChI is InChI=1S/C16H14N2O5/c17-9-12-5-7-14(8-6-12)22-10-13(19)11-23-16-4-2-1-3-15(16)18(20)21/h1-8,13,19H,10-11H2. The van der Waals surface area contributed by atoms with Crippen LogP contribution in [0.2, 0.25) is 0 Å². The Morgan fingerprint density at radius 2 is 1.78 bits per heavy atom. The van der Waals surface area contributed by atoms with Crippen molar-refractivity contribution in [1.29, 1.82) is 5.26 Å². The Labute approximate surface area is 132 Å². The Balaban J connectivity index is 1.84. The van der Waals surface area contributed by atoms with Crippen LogP contribution in [0.3, 0.4) is 0 Å². The summed E-state index contributed by atoms with van der Waals surface area (Å²) in [6, 6.07) is 14.4. The van der Waals surface area contributed by atoms with Gasteiger partial charge in [-0.1, -0.05) is 12.1 Å². The molecule has 2 aromatic rings. The van der Waals surface area contributed by atoms with E-state index in [1.54, 1.807) is 30.3 Å². The van der Waals surface area contributed by atoms with Crippen LogP contribution in [0.1, 0.15) is 5.56 Å². The lowest BCUT2D eigenvalue weighted by molar-refractivity contribution is -0.385. The molecule has 0 aliphatic carbocycles. The molecular weight excluding hydrogens is 300 g/mol. The van der Waals surface area contributed by atoms with E-state index in [9.17, 15) is 15.2 Å². The molecule has 118 valence electrons. The molecule has 7 nitrogen and oxygen atoms in total. The van der Waals surface area contributed by atoms with Gasteiger partial charge in [0.25, 0.3) is 0 Å².